The van der Waals surface area contributed by atoms with Crippen molar-refractivity contribution >= 4 is 0 Å². The van der Waals surface area contributed by atoms with E-state index in [1.54, 1.807) is 0 Å². The molecule has 3 atom stereocenters. The summed E-state index contributed by atoms with van der Waals surface area (Å²) in [6, 6.07) is 0.836. The van der Waals surface area contributed by atoms with Gasteiger partial charge in [-0.2, -0.15) is 0 Å². The molecule has 3 fully saturated rings. The fourth-order valence-electron chi connectivity index (χ4n) is 4.44. The van der Waals surface area contributed by atoms with Gasteiger partial charge in [0.05, 0.1) is 0 Å². The second-order valence-electron chi connectivity index (χ2n) is 6.06. The van der Waals surface area contributed by atoms with Gasteiger partial charge in [0.1, 0.15) is 0 Å². The van der Waals surface area contributed by atoms with Crippen molar-refractivity contribution in [2.24, 2.45) is 11.3 Å². The SMILES string of the molecule is C=CCC12CNCC(CN3CCCCC31)C2. The lowest BCUT2D eigenvalue weighted by atomic mass is 9.63. The van der Waals surface area contributed by atoms with Gasteiger partial charge in [-0.25, -0.2) is 0 Å². The summed E-state index contributed by atoms with van der Waals surface area (Å²) in [6.07, 6.45) is 9.07. The van der Waals surface area contributed by atoms with Crippen molar-refractivity contribution < 1.29 is 0 Å². The van der Waals surface area contributed by atoms with Gasteiger partial charge in [-0.1, -0.05) is 12.5 Å². The fourth-order valence-corrected chi connectivity index (χ4v) is 4.44. The van der Waals surface area contributed by atoms with E-state index in [1.165, 1.54) is 58.3 Å². The molecule has 0 spiro atoms. The Bertz CT molecular complexity index is 276. The van der Waals surface area contributed by atoms with Crippen LogP contribution in [0.15, 0.2) is 12.7 Å². The number of nitrogens with zero attached hydrogens (tertiary/aromatic N) is 1. The van der Waals surface area contributed by atoms with Crippen LogP contribution in [0.25, 0.3) is 0 Å². The largest absolute Gasteiger partial charge is 0.316 e. The van der Waals surface area contributed by atoms with Crippen molar-refractivity contribution in [3.05, 3.63) is 12.7 Å². The average Bonchev–Trinajstić information content (AvgIpc) is 2.29. The average molecular weight is 220 g/mol. The van der Waals surface area contributed by atoms with Gasteiger partial charge in [-0.15, -0.1) is 6.58 Å². The Morgan fingerprint density at radius 3 is 3.25 bits per heavy atom. The monoisotopic (exact) mass is 220 g/mol. The van der Waals surface area contributed by atoms with Crippen molar-refractivity contribution in [2.75, 3.05) is 26.2 Å². The maximum absolute atomic E-state index is 3.99. The van der Waals surface area contributed by atoms with E-state index in [9.17, 15) is 0 Å². The highest BCUT2D eigenvalue weighted by Crippen LogP contribution is 2.46. The Hall–Kier alpha value is -0.340. The number of piperidine rings is 3. The molecule has 1 N–H and O–H groups in total. The molecule has 0 aliphatic carbocycles. The molecule has 0 aromatic rings. The Balaban J connectivity index is 1.87. The molecule has 2 bridgehead atoms. The van der Waals surface area contributed by atoms with Crippen molar-refractivity contribution in [3.8, 4) is 0 Å². The molecule has 3 rings (SSSR count). The molecule has 0 saturated carbocycles. The molecular weight excluding hydrogens is 196 g/mol. The van der Waals surface area contributed by atoms with Gasteiger partial charge in [0, 0.05) is 24.5 Å². The smallest absolute Gasteiger partial charge is 0.0167 e. The lowest BCUT2D eigenvalue weighted by molar-refractivity contribution is -0.0548. The van der Waals surface area contributed by atoms with Crippen LogP contribution in [-0.4, -0.2) is 37.1 Å². The van der Waals surface area contributed by atoms with Crippen LogP contribution in [0, 0.1) is 11.3 Å². The van der Waals surface area contributed by atoms with E-state index < -0.39 is 0 Å². The summed E-state index contributed by atoms with van der Waals surface area (Å²) in [6.45, 7) is 9.14. The zero-order chi connectivity index (χ0) is 11.0. The number of hydrogen-bond donors (Lipinski definition) is 1. The van der Waals surface area contributed by atoms with Crippen LogP contribution < -0.4 is 5.32 Å². The maximum atomic E-state index is 3.99. The highest BCUT2D eigenvalue weighted by atomic mass is 15.2. The first-order valence-corrected chi connectivity index (χ1v) is 6.90. The van der Waals surface area contributed by atoms with Crippen LogP contribution >= 0.6 is 0 Å². The van der Waals surface area contributed by atoms with Crippen molar-refractivity contribution in [1.82, 2.24) is 10.2 Å². The van der Waals surface area contributed by atoms with E-state index in [4.69, 9.17) is 0 Å². The third kappa shape index (κ3) is 1.63. The Kier molecular flexibility index (Phi) is 2.80. The van der Waals surface area contributed by atoms with Crippen molar-refractivity contribution in [2.45, 2.75) is 38.1 Å². The summed E-state index contributed by atoms with van der Waals surface area (Å²) in [7, 11) is 0. The van der Waals surface area contributed by atoms with Crippen LogP contribution in [0.3, 0.4) is 0 Å². The zero-order valence-corrected chi connectivity index (χ0v) is 10.3. The molecule has 2 nitrogen and oxygen atoms in total. The number of allylic oxidation sites excluding steroid dienone is 1. The van der Waals surface area contributed by atoms with E-state index in [0.29, 0.717) is 5.41 Å². The Morgan fingerprint density at radius 1 is 1.44 bits per heavy atom. The molecule has 0 radical (unpaired) electrons. The van der Waals surface area contributed by atoms with E-state index in [1.807, 2.05) is 0 Å². The second-order valence-corrected chi connectivity index (χ2v) is 6.06. The van der Waals surface area contributed by atoms with Gasteiger partial charge in [-0.05, 0) is 44.7 Å². The molecule has 0 amide bonds. The quantitative estimate of drug-likeness (QED) is 0.716. The van der Waals surface area contributed by atoms with Crippen LogP contribution in [-0.2, 0) is 0 Å². The van der Waals surface area contributed by atoms with E-state index in [0.717, 1.165) is 12.0 Å². The van der Waals surface area contributed by atoms with Gasteiger partial charge in [0.2, 0.25) is 0 Å². The van der Waals surface area contributed by atoms with Gasteiger partial charge >= 0.3 is 0 Å². The summed E-state index contributed by atoms with van der Waals surface area (Å²) in [4.78, 5) is 2.79. The van der Waals surface area contributed by atoms with E-state index >= 15 is 0 Å². The summed E-state index contributed by atoms with van der Waals surface area (Å²) in [5.74, 6) is 0.892. The minimum Gasteiger partial charge on any atom is -0.316 e. The van der Waals surface area contributed by atoms with Crippen LogP contribution in [0.2, 0.25) is 0 Å². The van der Waals surface area contributed by atoms with E-state index in [2.05, 4.69) is 22.9 Å². The minimum absolute atomic E-state index is 0.517. The first kappa shape index (κ1) is 10.8. The molecule has 3 unspecified atom stereocenters. The Morgan fingerprint density at radius 2 is 2.38 bits per heavy atom. The predicted octanol–water partition coefficient (Wildman–Crippen LogP) is 2.03. The van der Waals surface area contributed by atoms with Crippen LogP contribution in [0.5, 0.6) is 0 Å². The molecule has 90 valence electrons. The van der Waals surface area contributed by atoms with Gasteiger partial charge in [0.15, 0.2) is 0 Å². The third-order valence-electron chi connectivity index (χ3n) is 4.97. The molecule has 16 heavy (non-hydrogen) atoms. The number of fused-ring (bicyclic) bond motifs is 4. The van der Waals surface area contributed by atoms with Gasteiger partial charge < -0.3 is 5.32 Å². The lowest BCUT2D eigenvalue weighted by Gasteiger charge is -2.57. The van der Waals surface area contributed by atoms with Gasteiger partial charge in [-0.3, -0.25) is 4.90 Å². The molecule has 2 heteroatoms. The second kappa shape index (κ2) is 4.15. The zero-order valence-electron chi connectivity index (χ0n) is 10.3. The highest BCUT2D eigenvalue weighted by Gasteiger charge is 2.49. The van der Waals surface area contributed by atoms with Gasteiger partial charge in [0.25, 0.3) is 0 Å². The summed E-state index contributed by atoms with van der Waals surface area (Å²) in [5.41, 5.74) is 0.517. The standard InChI is InChI=1S/C14H24N2/c1-2-6-14-8-12(9-15-11-14)10-16-7-4-3-5-13(14)16/h2,12-13,15H,1,3-11H2. The van der Waals surface area contributed by atoms with Crippen LogP contribution in [0.4, 0.5) is 0 Å². The van der Waals surface area contributed by atoms with Crippen LogP contribution in [0.1, 0.15) is 32.1 Å². The predicted molar refractivity (Wildman–Crippen MR) is 67.4 cm³/mol. The molecule has 3 heterocycles. The first-order chi connectivity index (χ1) is 7.84. The van der Waals surface area contributed by atoms with Crippen molar-refractivity contribution in [3.63, 3.8) is 0 Å². The number of rotatable bonds is 2. The van der Waals surface area contributed by atoms with E-state index in [-0.39, 0.29) is 0 Å². The lowest BCUT2D eigenvalue weighted by Crippen LogP contribution is -2.64. The minimum atomic E-state index is 0.517. The molecule has 3 saturated heterocycles. The topological polar surface area (TPSA) is 15.3 Å². The molecule has 0 aromatic carbocycles. The summed E-state index contributed by atoms with van der Waals surface area (Å²) < 4.78 is 0. The Labute approximate surface area is 99.1 Å². The number of hydrogen-bond acceptors (Lipinski definition) is 2. The highest BCUT2D eigenvalue weighted by molar-refractivity contribution is 5.06. The van der Waals surface area contributed by atoms with Crippen molar-refractivity contribution in [1.29, 1.82) is 0 Å². The molecule has 0 aromatic heterocycles. The fraction of sp³-hybridized carbons (Fsp3) is 0.857. The molecular formula is C14H24N2. The maximum Gasteiger partial charge on any atom is 0.0167 e. The molecule has 3 aliphatic rings. The molecule has 3 aliphatic heterocycles. The summed E-state index contributed by atoms with van der Waals surface area (Å²) in [5, 5.41) is 3.67. The first-order valence-electron chi connectivity index (χ1n) is 6.90. The normalized spacial score (nSPS) is 43.8. The third-order valence-corrected chi connectivity index (χ3v) is 4.97. The number of nitrogens with one attached hydrogen (secondary N) is 1. The summed E-state index contributed by atoms with van der Waals surface area (Å²) >= 11 is 0.